The summed E-state index contributed by atoms with van der Waals surface area (Å²) in [6.45, 7) is 7.86. The summed E-state index contributed by atoms with van der Waals surface area (Å²) in [5.74, 6) is -0.0314. The molecule has 2 atom stereocenters. The molecule has 0 aromatic heterocycles. The molecule has 0 radical (unpaired) electrons. The van der Waals surface area contributed by atoms with E-state index in [-0.39, 0.29) is 30.3 Å². The summed E-state index contributed by atoms with van der Waals surface area (Å²) in [4.78, 5) is 26.8. The zero-order valence-corrected chi connectivity index (χ0v) is 15.0. The molecule has 5 heteroatoms. The summed E-state index contributed by atoms with van der Waals surface area (Å²) < 4.78 is 0. The van der Waals surface area contributed by atoms with Crippen molar-refractivity contribution in [3.05, 3.63) is 0 Å². The number of aliphatic hydroxyl groups is 1. The number of likely N-dealkylation sites (tertiary alicyclic amines) is 1. The number of piperidine rings is 1. The highest BCUT2D eigenvalue weighted by atomic mass is 16.3. The minimum Gasteiger partial charge on any atom is -0.396 e. The zero-order valence-electron chi connectivity index (χ0n) is 15.0. The van der Waals surface area contributed by atoms with Gasteiger partial charge in [-0.05, 0) is 43.9 Å². The second-order valence-corrected chi connectivity index (χ2v) is 7.31. The van der Waals surface area contributed by atoms with Crippen molar-refractivity contribution >= 4 is 11.8 Å². The molecule has 0 aromatic carbocycles. The Morgan fingerprint density at radius 2 is 1.83 bits per heavy atom. The number of hydrogen-bond donors (Lipinski definition) is 2. The Hall–Kier alpha value is -1.10. The lowest BCUT2D eigenvalue weighted by Gasteiger charge is -2.36. The number of aliphatic hydroxyl groups excluding tert-OH is 1. The van der Waals surface area contributed by atoms with Crippen LogP contribution in [-0.2, 0) is 9.59 Å². The average Bonchev–Trinajstić information content (AvgIpc) is 2.50. The van der Waals surface area contributed by atoms with Gasteiger partial charge in [-0.15, -0.1) is 0 Å². The van der Waals surface area contributed by atoms with E-state index in [1.54, 1.807) is 0 Å². The molecule has 1 aliphatic heterocycles. The molecule has 0 aliphatic carbocycles. The van der Waals surface area contributed by atoms with Crippen molar-refractivity contribution in [2.45, 2.75) is 59.3 Å². The fourth-order valence-corrected chi connectivity index (χ4v) is 3.66. The van der Waals surface area contributed by atoms with Gasteiger partial charge in [0.2, 0.25) is 11.8 Å². The number of amides is 2. The van der Waals surface area contributed by atoms with Crippen LogP contribution in [0.25, 0.3) is 0 Å². The predicted octanol–water partition coefficient (Wildman–Crippen LogP) is 2.17. The predicted molar refractivity (Wildman–Crippen MR) is 91.5 cm³/mol. The van der Waals surface area contributed by atoms with Crippen molar-refractivity contribution in [1.82, 2.24) is 4.90 Å². The molecule has 0 aromatic rings. The lowest BCUT2D eigenvalue weighted by atomic mass is 9.80. The SMILES string of the molecule is CCC[C@H](C(N)=O)[C@@H](CC(C)C)C(=O)N1CCC(CCO)CC1. The van der Waals surface area contributed by atoms with Crippen molar-refractivity contribution in [2.24, 2.45) is 29.4 Å². The molecule has 23 heavy (non-hydrogen) atoms. The maximum absolute atomic E-state index is 13.0. The van der Waals surface area contributed by atoms with Crippen LogP contribution < -0.4 is 5.73 Å². The first-order valence-electron chi connectivity index (χ1n) is 9.09. The Bertz CT molecular complexity index is 376. The number of hydrogen-bond acceptors (Lipinski definition) is 3. The monoisotopic (exact) mass is 326 g/mol. The zero-order chi connectivity index (χ0) is 17.4. The topological polar surface area (TPSA) is 83.6 Å². The van der Waals surface area contributed by atoms with E-state index in [1.807, 2.05) is 11.8 Å². The summed E-state index contributed by atoms with van der Waals surface area (Å²) in [5, 5.41) is 9.04. The molecule has 1 fully saturated rings. The van der Waals surface area contributed by atoms with E-state index in [0.717, 1.165) is 38.8 Å². The summed E-state index contributed by atoms with van der Waals surface area (Å²) in [7, 11) is 0. The lowest BCUT2D eigenvalue weighted by Crippen LogP contribution is -2.46. The van der Waals surface area contributed by atoms with Crippen LogP contribution in [0.15, 0.2) is 0 Å². The van der Waals surface area contributed by atoms with E-state index in [0.29, 0.717) is 24.7 Å². The van der Waals surface area contributed by atoms with Crippen molar-refractivity contribution in [2.75, 3.05) is 19.7 Å². The number of nitrogens with zero attached hydrogens (tertiary/aromatic N) is 1. The highest BCUT2D eigenvalue weighted by Crippen LogP contribution is 2.29. The summed E-state index contributed by atoms with van der Waals surface area (Å²) in [6.07, 6.45) is 4.94. The van der Waals surface area contributed by atoms with Gasteiger partial charge in [0.1, 0.15) is 0 Å². The minimum absolute atomic E-state index is 0.0957. The maximum atomic E-state index is 13.0. The second-order valence-electron chi connectivity index (χ2n) is 7.31. The van der Waals surface area contributed by atoms with Gasteiger partial charge in [-0.1, -0.05) is 27.2 Å². The van der Waals surface area contributed by atoms with E-state index >= 15 is 0 Å². The Morgan fingerprint density at radius 1 is 1.22 bits per heavy atom. The molecule has 0 bridgehead atoms. The molecular formula is C18H34N2O3. The van der Waals surface area contributed by atoms with Crippen LogP contribution >= 0.6 is 0 Å². The van der Waals surface area contributed by atoms with Crippen LogP contribution in [0.5, 0.6) is 0 Å². The van der Waals surface area contributed by atoms with Crippen molar-refractivity contribution < 1.29 is 14.7 Å². The van der Waals surface area contributed by atoms with E-state index in [9.17, 15) is 9.59 Å². The number of carbonyl (C=O) groups is 2. The van der Waals surface area contributed by atoms with E-state index in [4.69, 9.17) is 10.8 Å². The first-order chi connectivity index (χ1) is 10.9. The third-order valence-corrected chi connectivity index (χ3v) is 4.96. The minimum atomic E-state index is -0.356. The van der Waals surface area contributed by atoms with Gasteiger partial charge in [0.15, 0.2) is 0 Å². The molecule has 0 saturated carbocycles. The number of primary amides is 1. The smallest absolute Gasteiger partial charge is 0.226 e. The fraction of sp³-hybridized carbons (Fsp3) is 0.889. The van der Waals surface area contributed by atoms with Crippen LogP contribution in [-0.4, -0.2) is 41.5 Å². The Labute approximate surface area is 140 Å². The van der Waals surface area contributed by atoms with Gasteiger partial charge in [0.05, 0.1) is 0 Å². The summed E-state index contributed by atoms with van der Waals surface area (Å²) in [6, 6.07) is 0. The Balaban J connectivity index is 2.77. The van der Waals surface area contributed by atoms with Gasteiger partial charge in [-0.3, -0.25) is 9.59 Å². The van der Waals surface area contributed by atoms with E-state index < -0.39 is 0 Å². The highest BCUT2D eigenvalue weighted by molar-refractivity contribution is 5.87. The van der Waals surface area contributed by atoms with Crippen molar-refractivity contribution in [3.8, 4) is 0 Å². The van der Waals surface area contributed by atoms with Crippen molar-refractivity contribution in [1.29, 1.82) is 0 Å². The molecule has 1 heterocycles. The highest BCUT2D eigenvalue weighted by Gasteiger charge is 2.36. The molecule has 3 N–H and O–H groups in total. The van der Waals surface area contributed by atoms with Gasteiger partial charge in [0.25, 0.3) is 0 Å². The molecule has 0 unspecified atom stereocenters. The maximum Gasteiger partial charge on any atom is 0.226 e. The van der Waals surface area contributed by atoms with Gasteiger partial charge < -0.3 is 15.7 Å². The molecular weight excluding hydrogens is 292 g/mol. The lowest BCUT2D eigenvalue weighted by molar-refractivity contribution is -0.143. The van der Waals surface area contributed by atoms with Crippen LogP contribution in [0.3, 0.4) is 0 Å². The quantitative estimate of drug-likeness (QED) is 0.681. The van der Waals surface area contributed by atoms with Gasteiger partial charge >= 0.3 is 0 Å². The molecule has 5 nitrogen and oxygen atoms in total. The van der Waals surface area contributed by atoms with Gasteiger partial charge in [-0.25, -0.2) is 0 Å². The summed E-state index contributed by atoms with van der Waals surface area (Å²) >= 11 is 0. The Morgan fingerprint density at radius 3 is 2.26 bits per heavy atom. The first kappa shape index (κ1) is 19.9. The van der Waals surface area contributed by atoms with Crippen LogP contribution in [0.1, 0.15) is 59.3 Å². The normalized spacial score (nSPS) is 18.9. The summed E-state index contributed by atoms with van der Waals surface area (Å²) in [5.41, 5.74) is 5.59. The standard InChI is InChI=1S/C18H34N2O3/c1-4-5-15(17(19)22)16(12-13(2)3)18(23)20-9-6-14(7-10-20)8-11-21/h13-16,21H,4-12H2,1-3H3,(H2,19,22)/t15-,16+/m0/s1. The molecule has 1 aliphatic rings. The van der Waals surface area contributed by atoms with Gasteiger partial charge in [0, 0.05) is 31.5 Å². The Kier molecular flexibility index (Phi) is 8.59. The molecule has 1 rings (SSSR count). The van der Waals surface area contributed by atoms with Crippen molar-refractivity contribution in [3.63, 3.8) is 0 Å². The number of rotatable bonds is 9. The fourth-order valence-electron chi connectivity index (χ4n) is 3.66. The molecule has 2 amide bonds. The molecule has 1 saturated heterocycles. The second kappa shape index (κ2) is 9.91. The van der Waals surface area contributed by atoms with E-state index in [1.165, 1.54) is 0 Å². The average molecular weight is 326 g/mol. The van der Waals surface area contributed by atoms with Crippen LogP contribution in [0.4, 0.5) is 0 Å². The van der Waals surface area contributed by atoms with Crippen LogP contribution in [0, 0.1) is 23.7 Å². The largest absolute Gasteiger partial charge is 0.396 e. The van der Waals surface area contributed by atoms with Gasteiger partial charge in [-0.2, -0.15) is 0 Å². The van der Waals surface area contributed by atoms with E-state index in [2.05, 4.69) is 13.8 Å². The molecule has 134 valence electrons. The third kappa shape index (κ3) is 6.13. The van der Waals surface area contributed by atoms with Crippen LogP contribution in [0.2, 0.25) is 0 Å². The first-order valence-corrected chi connectivity index (χ1v) is 9.09. The number of nitrogens with two attached hydrogens (primary N) is 1. The number of carbonyl (C=O) groups excluding carboxylic acids is 2. The third-order valence-electron chi connectivity index (χ3n) is 4.96. The molecule has 0 spiro atoms.